The van der Waals surface area contributed by atoms with E-state index in [-0.39, 0.29) is 6.23 Å². The molecule has 0 fully saturated rings. The Morgan fingerprint density at radius 2 is 1.84 bits per heavy atom. The topological polar surface area (TPSA) is 61.3 Å². The van der Waals surface area contributed by atoms with Crippen molar-refractivity contribution in [2.75, 3.05) is 0 Å². The summed E-state index contributed by atoms with van der Waals surface area (Å²) in [7, 11) is 0. The highest BCUT2D eigenvalue weighted by molar-refractivity contribution is 5.76. The van der Waals surface area contributed by atoms with Gasteiger partial charge in [-0.05, 0) is 43.3 Å². The van der Waals surface area contributed by atoms with Crippen molar-refractivity contribution in [2.45, 2.75) is 13.2 Å². The fourth-order valence-corrected chi connectivity index (χ4v) is 1.89. The summed E-state index contributed by atoms with van der Waals surface area (Å²) in [5, 5.41) is 0. The van der Waals surface area contributed by atoms with E-state index in [4.69, 9.17) is 14.9 Å². The molecule has 0 aliphatic carbocycles. The summed E-state index contributed by atoms with van der Waals surface area (Å²) < 4.78 is 11.1. The third-order valence-corrected chi connectivity index (χ3v) is 2.72. The summed E-state index contributed by atoms with van der Waals surface area (Å²) >= 11 is 0. The Morgan fingerprint density at radius 3 is 2.53 bits per heavy atom. The monoisotopic (exact) mass is 254 g/mol. The average molecular weight is 254 g/mol. The molecular formula is C15H14N2O2. The summed E-state index contributed by atoms with van der Waals surface area (Å²) in [5.74, 6) is 1.34. The molecule has 0 saturated heterocycles. The number of hydrogen-bond donors (Lipinski definition) is 1. The van der Waals surface area contributed by atoms with E-state index >= 15 is 0 Å². The van der Waals surface area contributed by atoms with Crippen LogP contribution in [0.1, 0.15) is 6.92 Å². The Labute approximate surface area is 110 Å². The Hall–Kier alpha value is -2.33. The van der Waals surface area contributed by atoms with Crippen molar-refractivity contribution in [3.05, 3.63) is 48.5 Å². The number of rotatable bonds is 3. The number of hydrogen-bond acceptors (Lipinski definition) is 4. The molecule has 0 bridgehead atoms. The number of nitrogens with two attached hydrogens (primary N) is 1. The SMILES string of the molecule is CC(N)Oc1ccc(-c2nc3ccccc3o2)cc1. The zero-order chi connectivity index (χ0) is 13.2. The highest BCUT2D eigenvalue weighted by atomic mass is 16.5. The minimum absolute atomic E-state index is 0.324. The van der Waals surface area contributed by atoms with Crippen LogP contribution in [0.3, 0.4) is 0 Å². The van der Waals surface area contributed by atoms with E-state index in [1.54, 1.807) is 6.92 Å². The first-order chi connectivity index (χ1) is 9.22. The highest BCUT2D eigenvalue weighted by Gasteiger charge is 2.07. The van der Waals surface area contributed by atoms with Gasteiger partial charge in [-0.2, -0.15) is 0 Å². The second-order valence-corrected chi connectivity index (χ2v) is 4.33. The smallest absolute Gasteiger partial charge is 0.227 e. The first kappa shape index (κ1) is 11.7. The second-order valence-electron chi connectivity index (χ2n) is 4.33. The molecule has 1 aromatic heterocycles. The van der Waals surface area contributed by atoms with E-state index in [0.29, 0.717) is 5.89 Å². The van der Waals surface area contributed by atoms with Crippen LogP contribution >= 0.6 is 0 Å². The van der Waals surface area contributed by atoms with Crippen LogP contribution in [0.5, 0.6) is 5.75 Å². The van der Waals surface area contributed by atoms with Gasteiger partial charge in [-0.15, -0.1) is 0 Å². The second kappa shape index (κ2) is 4.74. The number of aromatic nitrogens is 1. The van der Waals surface area contributed by atoms with E-state index < -0.39 is 0 Å². The van der Waals surface area contributed by atoms with Gasteiger partial charge in [-0.25, -0.2) is 4.98 Å². The first-order valence-electron chi connectivity index (χ1n) is 6.10. The summed E-state index contributed by atoms with van der Waals surface area (Å²) in [5.41, 5.74) is 8.12. The van der Waals surface area contributed by atoms with Gasteiger partial charge < -0.3 is 9.15 Å². The van der Waals surface area contributed by atoms with E-state index in [1.807, 2.05) is 48.5 Å². The third kappa shape index (κ3) is 2.44. The predicted molar refractivity (Wildman–Crippen MR) is 73.7 cm³/mol. The van der Waals surface area contributed by atoms with Crippen molar-refractivity contribution in [3.63, 3.8) is 0 Å². The number of ether oxygens (including phenoxy) is 1. The van der Waals surface area contributed by atoms with Crippen molar-refractivity contribution < 1.29 is 9.15 Å². The Kier molecular flexibility index (Phi) is 2.93. The molecule has 0 amide bonds. The van der Waals surface area contributed by atoms with Gasteiger partial charge in [-0.1, -0.05) is 12.1 Å². The molecule has 2 aromatic carbocycles. The Balaban J connectivity index is 1.93. The molecule has 19 heavy (non-hydrogen) atoms. The van der Waals surface area contributed by atoms with Gasteiger partial charge in [0.05, 0.1) is 0 Å². The summed E-state index contributed by atoms with van der Waals surface area (Å²) in [6, 6.07) is 15.2. The summed E-state index contributed by atoms with van der Waals surface area (Å²) in [6.07, 6.45) is -0.324. The zero-order valence-corrected chi connectivity index (χ0v) is 10.5. The lowest BCUT2D eigenvalue weighted by molar-refractivity contribution is 0.230. The molecule has 1 atom stereocenters. The normalized spacial score (nSPS) is 12.5. The van der Waals surface area contributed by atoms with Crippen molar-refractivity contribution >= 4 is 11.1 Å². The van der Waals surface area contributed by atoms with Crippen LogP contribution in [0, 0.1) is 0 Å². The van der Waals surface area contributed by atoms with E-state index in [2.05, 4.69) is 4.98 Å². The van der Waals surface area contributed by atoms with Gasteiger partial charge >= 0.3 is 0 Å². The van der Waals surface area contributed by atoms with Gasteiger partial charge in [0.1, 0.15) is 17.5 Å². The number of benzene rings is 2. The van der Waals surface area contributed by atoms with Gasteiger partial charge in [0.25, 0.3) is 0 Å². The Bertz CT molecular complexity index is 654. The lowest BCUT2D eigenvalue weighted by atomic mass is 10.2. The van der Waals surface area contributed by atoms with Crippen LogP contribution in [-0.4, -0.2) is 11.2 Å². The Morgan fingerprint density at radius 1 is 1.11 bits per heavy atom. The molecule has 0 saturated carbocycles. The van der Waals surface area contributed by atoms with E-state index in [0.717, 1.165) is 22.4 Å². The van der Waals surface area contributed by atoms with Crippen LogP contribution in [0.25, 0.3) is 22.6 Å². The number of oxazole rings is 1. The van der Waals surface area contributed by atoms with Crippen molar-refractivity contribution in [1.29, 1.82) is 0 Å². The van der Waals surface area contributed by atoms with E-state index in [9.17, 15) is 0 Å². The number of para-hydroxylation sites is 2. The maximum absolute atomic E-state index is 5.70. The third-order valence-electron chi connectivity index (χ3n) is 2.72. The number of nitrogens with zero attached hydrogens (tertiary/aromatic N) is 1. The van der Waals surface area contributed by atoms with Crippen molar-refractivity contribution in [3.8, 4) is 17.2 Å². The highest BCUT2D eigenvalue weighted by Crippen LogP contribution is 2.25. The molecule has 3 aromatic rings. The van der Waals surface area contributed by atoms with Gasteiger partial charge in [0.15, 0.2) is 5.58 Å². The molecule has 4 nitrogen and oxygen atoms in total. The fraction of sp³-hybridized carbons (Fsp3) is 0.133. The minimum Gasteiger partial charge on any atom is -0.476 e. The lowest BCUT2D eigenvalue weighted by Gasteiger charge is -2.09. The molecule has 3 rings (SSSR count). The number of fused-ring (bicyclic) bond motifs is 1. The van der Waals surface area contributed by atoms with E-state index in [1.165, 1.54) is 0 Å². The minimum atomic E-state index is -0.324. The molecular weight excluding hydrogens is 240 g/mol. The predicted octanol–water partition coefficient (Wildman–Crippen LogP) is 3.18. The van der Waals surface area contributed by atoms with Crippen LogP contribution in [0.2, 0.25) is 0 Å². The fourth-order valence-electron chi connectivity index (χ4n) is 1.89. The molecule has 2 N–H and O–H groups in total. The van der Waals surface area contributed by atoms with Gasteiger partial charge in [0.2, 0.25) is 5.89 Å². The first-order valence-corrected chi connectivity index (χ1v) is 6.10. The lowest BCUT2D eigenvalue weighted by Crippen LogP contribution is -2.22. The van der Waals surface area contributed by atoms with Crippen molar-refractivity contribution in [1.82, 2.24) is 4.98 Å². The zero-order valence-electron chi connectivity index (χ0n) is 10.5. The largest absolute Gasteiger partial charge is 0.476 e. The van der Waals surface area contributed by atoms with Crippen LogP contribution in [0.4, 0.5) is 0 Å². The molecule has 0 aliphatic heterocycles. The molecule has 1 heterocycles. The standard InChI is InChI=1S/C15H14N2O2/c1-10(16)18-12-8-6-11(7-9-12)15-17-13-4-2-3-5-14(13)19-15/h2-10H,16H2,1H3. The van der Waals surface area contributed by atoms with Gasteiger partial charge in [-0.3, -0.25) is 5.73 Å². The van der Waals surface area contributed by atoms with Crippen molar-refractivity contribution in [2.24, 2.45) is 5.73 Å². The van der Waals surface area contributed by atoms with Crippen LogP contribution < -0.4 is 10.5 Å². The maximum Gasteiger partial charge on any atom is 0.227 e. The molecule has 0 radical (unpaired) electrons. The van der Waals surface area contributed by atoms with Crippen LogP contribution in [-0.2, 0) is 0 Å². The quantitative estimate of drug-likeness (QED) is 0.729. The summed E-state index contributed by atoms with van der Waals surface area (Å²) in [4.78, 5) is 4.44. The molecule has 4 heteroatoms. The molecule has 96 valence electrons. The summed E-state index contributed by atoms with van der Waals surface area (Å²) in [6.45, 7) is 1.79. The molecule has 1 unspecified atom stereocenters. The average Bonchev–Trinajstić information content (AvgIpc) is 2.82. The molecule has 0 spiro atoms. The maximum atomic E-state index is 5.70. The van der Waals surface area contributed by atoms with Gasteiger partial charge in [0, 0.05) is 5.56 Å². The molecule has 0 aliphatic rings. The van der Waals surface area contributed by atoms with Crippen LogP contribution in [0.15, 0.2) is 52.9 Å².